The Hall–Kier alpha value is -4.80. The molecule has 4 amide bonds. The van der Waals surface area contributed by atoms with Gasteiger partial charge in [-0.1, -0.05) is 59.8 Å². The molecule has 3 rings (SSSR count). The first-order chi connectivity index (χ1) is 19.1. The van der Waals surface area contributed by atoms with E-state index in [9.17, 15) is 24.0 Å². The Morgan fingerprint density at radius 3 is 2.00 bits per heavy atom. The standard InChI is InChI=1S/C29H33N5O6/c30-26(36)13-10-21(29(32)39)16-25(35)23(12-14-27(31)37)33-28(38)15-11-22-17-24(34-40-22)20-8-6-19(7-9-20)18-4-2-1-3-5-18/h1-9,17,21,23H,10-16H2,(H2,30,36)(H2,31,37)(H2,32,39)(H,33,38)/t21-,23+/m1/s1. The highest BCUT2D eigenvalue weighted by Crippen LogP contribution is 2.25. The van der Waals surface area contributed by atoms with Crippen LogP contribution in [-0.4, -0.2) is 40.6 Å². The lowest BCUT2D eigenvalue weighted by atomic mass is 9.92. The minimum Gasteiger partial charge on any atom is -0.370 e. The molecule has 2 aromatic carbocycles. The molecule has 7 N–H and O–H groups in total. The van der Waals surface area contributed by atoms with Gasteiger partial charge < -0.3 is 27.0 Å². The van der Waals surface area contributed by atoms with Gasteiger partial charge in [-0.2, -0.15) is 0 Å². The van der Waals surface area contributed by atoms with E-state index in [2.05, 4.69) is 10.5 Å². The highest BCUT2D eigenvalue weighted by molar-refractivity contribution is 5.92. The van der Waals surface area contributed by atoms with Crippen LogP contribution in [0.3, 0.4) is 0 Å². The zero-order valence-corrected chi connectivity index (χ0v) is 22.0. The van der Waals surface area contributed by atoms with E-state index in [0.29, 0.717) is 11.5 Å². The van der Waals surface area contributed by atoms with Crippen molar-refractivity contribution >= 4 is 29.4 Å². The lowest BCUT2D eigenvalue weighted by molar-refractivity contribution is -0.131. The number of benzene rings is 2. The molecule has 210 valence electrons. The zero-order valence-electron chi connectivity index (χ0n) is 22.0. The molecular weight excluding hydrogens is 514 g/mol. The number of hydrogen-bond donors (Lipinski definition) is 4. The molecule has 0 saturated carbocycles. The molecule has 40 heavy (non-hydrogen) atoms. The van der Waals surface area contributed by atoms with E-state index in [1.54, 1.807) is 6.07 Å². The number of aryl methyl sites for hydroxylation is 1. The fourth-order valence-electron chi connectivity index (χ4n) is 4.18. The number of ketones is 1. The van der Waals surface area contributed by atoms with Crippen molar-refractivity contribution in [2.75, 3.05) is 0 Å². The van der Waals surface area contributed by atoms with E-state index in [1.165, 1.54) is 0 Å². The molecule has 0 aliphatic heterocycles. The highest BCUT2D eigenvalue weighted by Gasteiger charge is 2.27. The summed E-state index contributed by atoms with van der Waals surface area (Å²) in [5, 5.41) is 6.70. The second kappa shape index (κ2) is 14.4. The minimum absolute atomic E-state index is 0.00962. The number of carbonyl (C=O) groups excluding carboxylic acids is 5. The Kier molecular flexibility index (Phi) is 10.7. The molecule has 0 unspecified atom stereocenters. The number of nitrogens with one attached hydrogen (secondary N) is 1. The number of carbonyl (C=O) groups is 5. The van der Waals surface area contributed by atoms with Crippen molar-refractivity contribution in [3.05, 3.63) is 66.4 Å². The van der Waals surface area contributed by atoms with Crippen LogP contribution >= 0.6 is 0 Å². The zero-order chi connectivity index (χ0) is 29.1. The molecule has 11 nitrogen and oxygen atoms in total. The Labute approximate surface area is 231 Å². The second-order valence-electron chi connectivity index (χ2n) is 9.52. The van der Waals surface area contributed by atoms with Crippen molar-refractivity contribution in [1.82, 2.24) is 10.5 Å². The number of nitrogens with two attached hydrogens (primary N) is 3. The largest absolute Gasteiger partial charge is 0.370 e. The molecule has 0 bridgehead atoms. The first-order valence-corrected chi connectivity index (χ1v) is 12.9. The van der Waals surface area contributed by atoms with Gasteiger partial charge in [0.05, 0.1) is 6.04 Å². The molecule has 0 radical (unpaired) electrons. The van der Waals surface area contributed by atoms with Gasteiger partial charge in [-0.05, 0) is 24.0 Å². The van der Waals surface area contributed by atoms with E-state index < -0.39 is 41.4 Å². The quantitative estimate of drug-likeness (QED) is 0.210. The van der Waals surface area contributed by atoms with Gasteiger partial charge in [-0.25, -0.2) is 0 Å². The Morgan fingerprint density at radius 2 is 1.38 bits per heavy atom. The van der Waals surface area contributed by atoms with E-state index in [-0.39, 0.29) is 44.9 Å². The molecule has 11 heteroatoms. The third-order valence-electron chi connectivity index (χ3n) is 6.44. The van der Waals surface area contributed by atoms with Crippen LogP contribution in [0.5, 0.6) is 0 Å². The third-order valence-corrected chi connectivity index (χ3v) is 6.44. The maximum Gasteiger partial charge on any atom is 0.221 e. The fraction of sp³-hybridized carbons (Fsp3) is 0.310. The highest BCUT2D eigenvalue weighted by atomic mass is 16.5. The van der Waals surface area contributed by atoms with Crippen LogP contribution in [0.25, 0.3) is 22.4 Å². The van der Waals surface area contributed by atoms with Crippen LogP contribution in [-0.2, 0) is 30.4 Å². The predicted octanol–water partition coefficient (Wildman–Crippen LogP) is 2.02. The molecular formula is C29H33N5O6. The van der Waals surface area contributed by atoms with Crippen LogP contribution in [0.2, 0.25) is 0 Å². The summed E-state index contributed by atoms with van der Waals surface area (Å²) in [5.74, 6) is -3.43. The normalized spacial score (nSPS) is 12.3. The topological polar surface area (TPSA) is 201 Å². The van der Waals surface area contributed by atoms with Crippen LogP contribution in [0, 0.1) is 5.92 Å². The number of aromatic nitrogens is 1. The van der Waals surface area contributed by atoms with Crippen molar-refractivity contribution in [1.29, 1.82) is 0 Å². The number of nitrogens with zero attached hydrogens (tertiary/aromatic N) is 1. The first kappa shape index (κ1) is 29.8. The summed E-state index contributed by atoms with van der Waals surface area (Å²) in [6, 6.07) is 18.5. The molecule has 1 heterocycles. The van der Waals surface area contributed by atoms with Crippen molar-refractivity contribution < 1.29 is 28.5 Å². The monoisotopic (exact) mass is 547 g/mol. The minimum atomic E-state index is -1.05. The summed E-state index contributed by atoms with van der Waals surface area (Å²) >= 11 is 0. The van der Waals surface area contributed by atoms with Gasteiger partial charge in [0, 0.05) is 49.7 Å². The molecule has 0 spiro atoms. The van der Waals surface area contributed by atoms with Gasteiger partial charge >= 0.3 is 0 Å². The second-order valence-corrected chi connectivity index (χ2v) is 9.52. The van der Waals surface area contributed by atoms with Crippen molar-refractivity contribution in [3.63, 3.8) is 0 Å². The van der Waals surface area contributed by atoms with Crippen LogP contribution in [0.4, 0.5) is 0 Å². The fourth-order valence-corrected chi connectivity index (χ4v) is 4.18. The summed E-state index contributed by atoms with van der Waals surface area (Å²) in [7, 11) is 0. The molecule has 0 fully saturated rings. The van der Waals surface area contributed by atoms with Gasteiger partial charge in [0.1, 0.15) is 11.5 Å². The Balaban J connectivity index is 1.58. The average molecular weight is 548 g/mol. The molecule has 3 aromatic rings. The van der Waals surface area contributed by atoms with Crippen molar-refractivity contribution in [2.45, 2.75) is 51.0 Å². The maximum atomic E-state index is 12.9. The van der Waals surface area contributed by atoms with Gasteiger partial charge in [-0.3, -0.25) is 24.0 Å². The number of Topliss-reactive ketones (excluding diaryl/α,β-unsaturated/α-hetero) is 1. The summed E-state index contributed by atoms with van der Waals surface area (Å²) < 4.78 is 5.39. The smallest absolute Gasteiger partial charge is 0.221 e. The van der Waals surface area contributed by atoms with Gasteiger partial charge in [0.15, 0.2) is 5.78 Å². The summed E-state index contributed by atoms with van der Waals surface area (Å²) in [6.45, 7) is 0. The van der Waals surface area contributed by atoms with Gasteiger partial charge in [0.25, 0.3) is 0 Å². The van der Waals surface area contributed by atoms with Crippen LogP contribution in [0.15, 0.2) is 65.2 Å². The van der Waals surface area contributed by atoms with Gasteiger partial charge in [-0.15, -0.1) is 0 Å². The van der Waals surface area contributed by atoms with Crippen LogP contribution in [0.1, 0.15) is 44.3 Å². The lowest BCUT2D eigenvalue weighted by Gasteiger charge is -2.19. The number of rotatable bonds is 16. The lowest BCUT2D eigenvalue weighted by Crippen LogP contribution is -2.43. The Morgan fingerprint density at radius 1 is 0.775 bits per heavy atom. The average Bonchev–Trinajstić information content (AvgIpc) is 3.41. The third kappa shape index (κ3) is 9.19. The van der Waals surface area contributed by atoms with Crippen LogP contribution < -0.4 is 22.5 Å². The number of primary amides is 3. The van der Waals surface area contributed by atoms with E-state index in [4.69, 9.17) is 21.7 Å². The molecule has 0 aliphatic carbocycles. The molecule has 0 saturated heterocycles. The Bertz CT molecular complexity index is 1340. The van der Waals surface area contributed by atoms with Crippen molar-refractivity contribution in [2.24, 2.45) is 23.1 Å². The van der Waals surface area contributed by atoms with Gasteiger partial charge in [0.2, 0.25) is 23.6 Å². The molecule has 0 aliphatic rings. The predicted molar refractivity (Wildman–Crippen MR) is 147 cm³/mol. The van der Waals surface area contributed by atoms with E-state index in [0.717, 1.165) is 16.7 Å². The summed E-state index contributed by atoms with van der Waals surface area (Å²) in [5.41, 5.74) is 19.4. The maximum absolute atomic E-state index is 12.9. The number of hydrogen-bond acceptors (Lipinski definition) is 7. The molecule has 1 aromatic heterocycles. The SMILES string of the molecule is NC(=O)CC[C@H](CC(=O)[C@H](CCC(N)=O)NC(=O)CCc1cc(-c2ccc(-c3ccccc3)cc2)no1)C(N)=O. The molecule has 2 atom stereocenters. The van der Waals surface area contributed by atoms with E-state index in [1.807, 2.05) is 54.6 Å². The van der Waals surface area contributed by atoms with E-state index >= 15 is 0 Å². The first-order valence-electron chi connectivity index (χ1n) is 12.9. The summed E-state index contributed by atoms with van der Waals surface area (Å²) in [6.07, 6.45) is -0.379. The van der Waals surface area contributed by atoms with Crippen molar-refractivity contribution in [3.8, 4) is 22.4 Å². The summed E-state index contributed by atoms with van der Waals surface area (Å²) in [4.78, 5) is 59.7. The number of amides is 4.